The van der Waals surface area contributed by atoms with Gasteiger partial charge < -0.3 is 35.6 Å². The Bertz CT molecular complexity index is 1520. The second kappa shape index (κ2) is 12.9. The van der Waals surface area contributed by atoms with Crippen molar-refractivity contribution < 1.29 is 28.6 Å². The molecule has 1 unspecified atom stereocenters. The zero-order valence-electron chi connectivity index (χ0n) is 23.2. The quantitative estimate of drug-likeness (QED) is 0.209. The highest BCUT2D eigenvalue weighted by molar-refractivity contribution is 5.94. The van der Waals surface area contributed by atoms with E-state index in [9.17, 15) is 14.4 Å². The normalized spacial score (nSPS) is 13.0. The van der Waals surface area contributed by atoms with E-state index in [1.807, 2.05) is 54.6 Å². The molecule has 0 aliphatic rings. The van der Waals surface area contributed by atoms with Crippen LogP contribution in [0.5, 0.6) is 11.5 Å². The molecule has 0 saturated carbocycles. The van der Waals surface area contributed by atoms with Gasteiger partial charge in [-0.25, -0.2) is 4.79 Å². The number of carbonyl (C=O) groups excluding carboxylic acids is 3. The molecule has 0 aliphatic heterocycles. The number of hydrogen-bond acceptors (Lipinski definition) is 6. The van der Waals surface area contributed by atoms with Crippen molar-refractivity contribution in [3.05, 3.63) is 95.7 Å². The summed E-state index contributed by atoms with van der Waals surface area (Å²) in [6.07, 6.45) is 1.28. The fraction of sp³-hybridized carbons (Fsp3) is 0.258. The Morgan fingerprint density at radius 2 is 1.66 bits per heavy atom. The summed E-state index contributed by atoms with van der Waals surface area (Å²) in [4.78, 5) is 42.4. The van der Waals surface area contributed by atoms with Crippen LogP contribution in [0.3, 0.4) is 0 Å². The van der Waals surface area contributed by atoms with Crippen LogP contribution in [0.2, 0.25) is 0 Å². The summed E-state index contributed by atoms with van der Waals surface area (Å²) >= 11 is 0. The molecule has 1 aromatic heterocycles. The number of carbonyl (C=O) groups is 3. The largest absolute Gasteiger partial charge is 0.493 e. The van der Waals surface area contributed by atoms with E-state index in [0.717, 1.165) is 22.0 Å². The Kier molecular flexibility index (Phi) is 9.13. The highest BCUT2D eigenvalue weighted by Crippen LogP contribution is 2.31. The third-order valence-corrected chi connectivity index (χ3v) is 6.89. The molecule has 0 bridgehead atoms. The van der Waals surface area contributed by atoms with Crippen LogP contribution in [0, 0.1) is 0 Å². The molecule has 5 N–H and O–H groups in total. The van der Waals surface area contributed by atoms with Gasteiger partial charge in [-0.1, -0.05) is 60.7 Å². The number of alkyl carbamates (subject to hydrolysis) is 1. The van der Waals surface area contributed by atoms with Gasteiger partial charge in [0.1, 0.15) is 18.2 Å². The maximum Gasteiger partial charge on any atom is 0.408 e. The Balaban J connectivity index is 1.55. The number of ether oxygens (including phenoxy) is 3. The lowest BCUT2D eigenvalue weighted by atomic mass is 9.91. The van der Waals surface area contributed by atoms with Gasteiger partial charge in [-0.15, -0.1) is 0 Å². The number of aromatic amines is 1. The molecule has 3 aromatic carbocycles. The topological polar surface area (TPSA) is 145 Å². The van der Waals surface area contributed by atoms with Crippen molar-refractivity contribution in [3.8, 4) is 11.5 Å². The summed E-state index contributed by atoms with van der Waals surface area (Å²) in [5.74, 6) is -0.347. The van der Waals surface area contributed by atoms with Crippen LogP contribution in [0.15, 0.2) is 79.0 Å². The van der Waals surface area contributed by atoms with Crippen LogP contribution in [-0.2, 0) is 33.8 Å². The van der Waals surface area contributed by atoms with Crippen LogP contribution in [0.4, 0.5) is 4.79 Å². The van der Waals surface area contributed by atoms with E-state index in [4.69, 9.17) is 19.9 Å². The average molecular weight is 559 g/mol. The lowest BCUT2D eigenvalue weighted by Crippen LogP contribution is -2.61. The number of para-hydroxylation sites is 2. The number of primary amides is 1. The van der Waals surface area contributed by atoms with E-state index in [1.54, 1.807) is 31.3 Å². The number of hydrogen-bond donors (Lipinski definition) is 4. The minimum absolute atomic E-state index is 0.124. The van der Waals surface area contributed by atoms with Crippen LogP contribution < -0.4 is 25.8 Å². The second-order valence-corrected chi connectivity index (χ2v) is 9.84. The number of H-pyrrole nitrogens is 1. The molecule has 0 aliphatic carbocycles. The van der Waals surface area contributed by atoms with Gasteiger partial charge in [0.2, 0.25) is 11.8 Å². The molecule has 0 spiro atoms. The first-order valence-electron chi connectivity index (χ1n) is 13.1. The fourth-order valence-electron chi connectivity index (χ4n) is 4.68. The molecule has 0 radical (unpaired) electrons. The molecular formula is C31H34N4O6. The third-order valence-electron chi connectivity index (χ3n) is 6.89. The Hall–Kier alpha value is -4.99. The smallest absolute Gasteiger partial charge is 0.408 e. The molecule has 3 amide bonds. The van der Waals surface area contributed by atoms with E-state index < -0.39 is 29.5 Å². The lowest BCUT2D eigenvalue weighted by molar-refractivity contribution is -0.132. The van der Waals surface area contributed by atoms with Gasteiger partial charge in [0, 0.05) is 35.5 Å². The van der Waals surface area contributed by atoms with E-state index in [-0.39, 0.29) is 19.4 Å². The number of methoxy groups -OCH3 is 2. The second-order valence-electron chi connectivity index (χ2n) is 9.84. The number of nitrogens with two attached hydrogens (primary N) is 1. The maximum atomic E-state index is 13.7. The van der Waals surface area contributed by atoms with Crippen LogP contribution >= 0.6 is 0 Å². The SMILES string of the molecule is COc1cccc(COC(=O)N[C@@H](Cc2c[nH]c3ccccc23)C(=O)NC(C)(Cc2ccccc2)C(N)=O)c1OC. The molecule has 4 rings (SSSR count). The zero-order chi connectivity index (χ0) is 29.4. The Labute approximate surface area is 238 Å². The van der Waals surface area contributed by atoms with Crippen molar-refractivity contribution in [1.82, 2.24) is 15.6 Å². The van der Waals surface area contributed by atoms with Crippen LogP contribution in [-0.4, -0.2) is 48.7 Å². The zero-order valence-corrected chi connectivity index (χ0v) is 23.2. The number of nitrogens with one attached hydrogen (secondary N) is 3. The number of amides is 3. The standard InChI is InChI=1S/C31H34N4O6/c1-31(29(32)37,17-20-10-5-4-6-11-20)35-28(36)25(16-22-18-33-24-14-8-7-13-23(22)24)34-30(38)41-19-21-12-9-15-26(39-2)27(21)40-3/h4-15,18,25,33H,16-17,19H2,1-3H3,(H2,32,37)(H,34,38)(H,35,36)/t25-,31?/m0/s1. The van der Waals surface area contributed by atoms with Gasteiger partial charge in [-0.3, -0.25) is 9.59 Å². The minimum Gasteiger partial charge on any atom is -0.493 e. The summed E-state index contributed by atoms with van der Waals surface area (Å²) in [6.45, 7) is 1.44. The van der Waals surface area contributed by atoms with E-state index in [2.05, 4.69) is 15.6 Å². The minimum atomic E-state index is -1.41. The summed E-state index contributed by atoms with van der Waals surface area (Å²) < 4.78 is 16.2. The Morgan fingerprint density at radius 3 is 2.37 bits per heavy atom. The number of rotatable bonds is 12. The highest BCUT2D eigenvalue weighted by Gasteiger charge is 2.36. The fourth-order valence-corrected chi connectivity index (χ4v) is 4.68. The monoisotopic (exact) mass is 558 g/mol. The van der Waals surface area contributed by atoms with E-state index in [1.165, 1.54) is 14.2 Å². The summed E-state index contributed by atoms with van der Waals surface area (Å²) in [5.41, 5.74) is 7.45. The van der Waals surface area contributed by atoms with Crippen LogP contribution in [0.1, 0.15) is 23.6 Å². The Morgan fingerprint density at radius 1 is 0.927 bits per heavy atom. The van der Waals surface area contributed by atoms with Crippen LogP contribution in [0.25, 0.3) is 10.9 Å². The molecule has 41 heavy (non-hydrogen) atoms. The molecule has 1 heterocycles. The maximum absolute atomic E-state index is 13.7. The number of aromatic nitrogens is 1. The first-order chi connectivity index (χ1) is 19.7. The van der Waals surface area contributed by atoms with Gasteiger partial charge in [0.15, 0.2) is 11.5 Å². The van der Waals surface area contributed by atoms with Crippen molar-refractivity contribution in [1.29, 1.82) is 0 Å². The van der Waals surface area contributed by atoms with Gasteiger partial charge in [-0.05, 0) is 30.2 Å². The predicted molar refractivity (Wildman–Crippen MR) is 155 cm³/mol. The average Bonchev–Trinajstić information content (AvgIpc) is 3.38. The lowest BCUT2D eigenvalue weighted by Gasteiger charge is -2.30. The van der Waals surface area contributed by atoms with Gasteiger partial charge in [0.25, 0.3) is 0 Å². The van der Waals surface area contributed by atoms with Crippen molar-refractivity contribution in [2.24, 2.45) is 5.73 Å². The molecule has 214 valence electrons. The van der Waals surface area contributed by atoms with Crippen molar-refractivity contribution in [3.63, 3.8) is 0 Å². The van der Waals surface area contributed by atoms with Gasteiger partial charge in [-0.2, -0.15) is 0 Å². The third kappa shape index (κ3) is 6.96. The van der Waals surface area contributed by atoms with Gasteiger partial charge in [0.05, 0.1) is 14.2 Å². The molecule has 0 fully saturated rings. The molecule has 10 heteroatoms. The van der Waals surface area contributed by atoms with Crippen molar-refractivity contribution in [2.75, 3.05) is 14.2 Å². The van der Waals surface area contributed by atoms with Crippen molar-refractivity contribution in [2.45, 2.75) is 38.0 Å². The highest BCUT2D eigenvalue weighted by atomic mass is 16.6. The first-order valence-corrected chi connectivity index (χ1v) is 13.1. The summed E-state index contributed by atoms with van der Waals surface area (Å²) in [7, 11) is 3.01. The number of benzene rings is 3. The summed E-state index contributed by atoms with van der Waals surface area (Å²) in [5, 5.41) is 6.36. The number of fused-ring (bicyclic) bond motifs is 1. The van der Waals surface area contributed by atoms with E-state index in [0.29, 0.717) is 17.1 Å². The van der Waals surface area contributed by atoms with Gasteiger partial charge >= 0.3 is 6.09 Å². The first kappa shape index (κ1) is 29.0. The predicted octanol–water partition coefficient (Wildman–Crippen LogP) is 3.63. The molecule has 2 atom stereocenters. The molecular weight excluding hydrogens is 524 g/mol. The molecule has 10 nitrogen and oxygen atoms in total. The van der Waals surface area contributed by atoms with Crippen molar-refractivity contribution >= 4 is 28.8 Å². The molecule has 0 saturated heterocycles. The molecule has 4 aromatic rings. The van der Waals surface area contributed by atoms with E-state index >= 15 is 0 Å². The summed E-state index contributed by atoms with van der Waals surface area (Å²) in [6, 6.07) is 21.0.